The zero-order valence-corrected chi connectivity index (χ0v) is 82.9. The third-order valence-electron chi connectivity index (χ3n) is 17.3. The normalized spacial score (nSPS) is 16.7. The number of aromatic nitrogens is 6. The van der Waals surface area contributed by atoms with E-state index in [1.807, 2.05) is 138 Å². The molecule has 34 heteroatoms. The van der Waals surface area contributed by atoms with Gasteiger partial charge in [0.1, 0.15) is 22.2 Å². The molecule has 7 rings (SSSR count). The summed E-state index contributed by atoms with van der Waals surface area (Å²) in [6, 6.07) is 5.19. The number of nitrogens with two attached hydrogens (primary N) is 2. The largest absolute Gasteiger partial charge is 2.00 e. The molecule has 0 aromatic carbocycles. The van der Waals surface area contributed by atoms with Crippen molar-refractivity contribution in [2.75, 3.05) is 62.2 Å². The number of carboxylic acid groups (broad SMARTS) is 1. The fourth-order valence-electron chi connectivity index (χ4n) is 9.10. The molecule has 3 aromatic rings. The Labute approximate surface area is 743 Å². The Morgan fingerprint density at radius 1 is 0.481 bits per heavy atom. The van der Waals surface area contributed by atoms with Gasteiger partial charge in [-0.2, -0.15) is 55.4 Å². The molecule has 4 aliphatic rings. The number of carbonyl (C=O) groups is 6. The smallest absolute Gasteiger partial charge is 0.693 e. The number of ether oxygens (including phenoxy) is 2. The van der Waals surface area contributed by atoms with Gasteiger partial charge in [0.2, 0.25) is 28.3 Å². The van der Waals surface area contributed by atoms with Gasteiger partial charge >= 0.3 is 92.4 Å². The van der Waals surface area contributed by atoms with Gasteiger partial charge in [-0.15, -0.1) is 5.54 Å². The molecule has 4 radical (unpaired) electrons. The number of amides is 5. The molecule has 614 valence electrons. The van der Waals surface area contributed by atoms with Gasteiger partial charge < -0.3 is 113 Å². The molecule has 0 bridgehead atoms. The first-order valence-electron chi connectivity index (χ1n) is 33.4. The fraction of sp³-hybridized carbons (Fsp3) is 0.649. The van der Waals surface area contributed by atoms with Crippen LogP contribution in [-0.4, -0.2) is 166 Å². The summed E-state index contributed by atoms with van der Waals surface area (Å²) >= 11 is 16.6. The second-order valence-corrected chi connectivity index (χ2v) is 31.1. The van der Waals surface area contributed by atoms with E-state index >= 15 is 0 Å². The van der Waals surface area contributed by atoms with Gasteiger partial charge in [-0.25, -0.2) is 29.5 Å². The number of halogens is 3. The van der Waals surface area contributed by atoms with Crippen molar-refractivity contribution in [3.8, 4) is 0 Å². The van der Waals surface area contributed by atoms with E-state index in [9.17, 15) is 28.8 Å². The molecular formula is C74H129Cl3N16O9V4W2-2. The second kappa shape index (κ2) is 58.4. The summed E-state index contributed by atoms with van der Waals surface area (Å²) in [6.07, 6.45) is 10.7. The molecule has 3 aromatic heterocycles. The Balaban J connectivity index is -0.000000135. The van der Waals surface area contributed by atoms with Crippen LogP contribution in [0.15, 0.2) is 36.8 Å². The van der Waals surface area contributed by atoms with E-state index in [1.165, 1.54) is 28.9 Å². The molecule has 108 heavy (non-hydrogen) atoms. The predicted octanol–water partition coefficient (Wildman–Crippen LogP) is 16.2. The average molecular weight is 2060 g/mol. The van der Waals surface area contributed by atoms with Crippen molar-refractivity contribution < 1.29 is 160 Å². The van der Waals surface area contributed by atoms with Crippen LogP contribution < -0.4 is 31.5 Å². The zero-order valence-electron chi connectivity index (χ0n) is 69.2. The van der Waals surface area contributed by atoms with Crippen molar-refractivity contribution in [3.05, 3.63) is 118 Å². The third-order valence-corrected chi connectivity index (χ3v) is 17.9. The molecule has 4 aliphatic heterocycles. The topological polar surface area (TPSA) is 351 Å². The standard InChI is InChI=1S/C17H31N2O3.C16H24ClN4O.C16H26N5O.C11H19NO4.C6H14N.C4H2Cl2N2.4CH3.H2N.4V.2W/c1-12(2)17(6,7)18-14(20)13-9-8-10-19(11-13)15(21)22-16(3,4)5;2*1-11(2)16(3,4)20-14(22)12-6-5-9-21(10-12)13-7-8-18-15(17)19-13;1-11(2,3)16-10(15)12-6-4-5-8(7-12)9(13)14;1-5(2)6(3,4)7;5-3-1-2-7-4(6)8-3;;;;;;;;;;;/h13H,8-11H2,1-7H3,(H,18,20);7-8,12H,5-6,9-10H2,1-4H3,(H,20,22);7-8,12H,5-6,9-10H2,1-4H3,(H3,17,18,19,20,22);8H,4-7H2,1-3H3,(H,13,14);7H2,1-4H3;1-2H;4*1H3;1H2;;;;;;/q3*-1;;-1;;5*-1;4*+2;;/p-1. The molecule has 4 fully saturated rings. The molecule has 25 nitrogen and oxygen atoms in total. The first kappa shape index (κ1) is 126. The Kier molecular flexibility index (Phi) is 68.4. The van der Waals surface area contributed by atoms with Crippen LogP contribution >= 0.6 is 34.8 Å². The monoisotopic (exact) mass is 2060 g/mol. The third kappa shape index (κ3) is 49.4. The number of hydrogen-bond donors (Lipinski definition) is 5. The van der Waals surface area contributed by atoms with Gasteiger partial charge in [-0.05, 0) is 141 Å². The number of nitrogens with zero attached hydrogens (tertiary/aromatic N) is 10. The minimum Gasteiger partial charge on any atom is -0.693 e. The van der Waals surface area contributed by atoms with E-state index < -0.39 is 29.2 Å². The van der Waals surface area contributed by atoms with Crippen LogP contribution in [-0.2, 0) is 145 Å². The van der Waals surface area contributed by atoms with Crippen molar-refractivity contribution in [2.45, 2.75) is 237 Å². The Hall–Kier alpha value is -2.44. The van der Waals surface area contributed by atoms with Crippen LogP contribution in [0.25, 0.3) is 11.9 Å². The molecule has 5 amide bonds. The molecule has 7 heterocycles. The van der Waals surface area contributed by atoms with Gasteiger partial charge in [-0.3, -0.25) is 36.9 Å². The first-order chi connectivity index (χ1) is 44.5. The van der Waals surface area contributed by atoms with Gasteiger partial charge in [0.25, 0.3) is 0 Å². The summed E-state index contributed by atoms with van der Waals surface area (Å²) in [7, 11) is 0. The summed E-state index contributed by atoms with van der Waals surface area (Å²) < 4.78 is 10.6. The summed E-state index contributed by atoms with van der Waals surface area (Å²) in [5.41, 5.74) is 11.1. The molecule has 9 N–H and O–H groups in total. The number of carbonyl (C=O) groups excluding carboxylic acids is 5. The Morgan fingerprint density at radius 3 is 1.05 bits per heavy atom. The summed E-state index contributed by atoms with van der Waals surface area (Å²) in [5.74, 6) is 5.01. The summed E-state index contributed by atoms with van der Waals surface area (Å²) in [6.45, 7) is 48.3. The van der Waals surface area contributed by atoms with Crippen molar-refractivity contribution in [1.82, 2.24) is 55.7 Å². The SMILES string of the molecule is CC(C)(C)OC(=O)N1CCCC(C(=O)O)C1.C[C-](C)C(C)(C)N.C[C-](C)C(C)(C)NC(=O)C1CCCN(C(=O)OC(C)(C)C)C1.C[C-](C)C(C)(C)NC(=O)C1CCCN(c2ccnc(Cl)n2)C1.C[C-](C)C(C)(C)NC(=O)C1CCCN(c2ccnc([NH-])n2)C1.Clc1ccnc(Cl)n1.[CH3-].[CH3-].[CH3-].[CH3-].[NH2-].[V+2].[V+2].[V+2].[V+2].[W].[W]. The maximum absolute atomic E-state index is 12.6. The molecule has 4 unspecified atom stereocenters. The molecule has 4 saturated heterocycles. The van der Waals surface area contributed by atoms with E-state index in [0.717, 1.165) is 75.6 Å². The fourth-order valence-corrected chi connectivity index (χ4v) is 9.57. The molecule has 4 atom stereocenters. The van der Waals surface area contributed by atoms with E-state index in [2.05, 4.69) is 55.7 Å². The van der Waals surface area contributed by atoms with Crippen LogP contribution in [0, 0.1) is 77.0 Å². The van der Waals surface area contributed by atoms with Crippen molar-refractivity contribution in [3.63, 3.8) is 0 Å². The van der Waals surface area contributed by atoms with Crippen LogP contribution in [0.2, 0.25) is 15.7 Å². The molecule has 0 spiro atoms. The number of anilines is 2. The number of nitrogens with one attached hydrogen (secondary N) is 4. The van der Waals surface area contributed by atoms with Crippen molar-refractivity contribution >= 4 is 88.3 Å². The quantitative estimate of drug-likeness (QED) is 0.0603. The van der Waals surface area contributed by atoms with Gasteiger partial charge in [0, 0.05) is 113 Å². The number of rotatable bonds is 13. The second-order valence-electron chi connectivity index (χ2n) is 30.1. The maximum atomic E-state index is 12.6. The minimum absolute atomic E-state index is 0. The minimum atomic E-state index is -0.840. The van der Waals surface area contributed by atoms with Crippen molar-refractivity contribution in [2.24, 2.45) is 29.4 Å². The first-order valence-corrected chi connectivity index (χ1v) is 34.5. The zero-order chi connectivity index (χ0) is 74.2. The number of hydrogen-bond acceptors (Lipinski definition) is 17. The Bertz CT molecular complexity index is 2880. The van der Waals surface area contributed by atoms with E-state index in [0.29, 0.717) is 44.3 Å². The maximum Gasteiger partial charge on any atom is 2.00 e. The number of carboxylic acids is 1. The van der Waals surface area contributed by atoms with Crippen LogP contribution in [0.3, 0.4) is 0 Å². The average Bonchev–Trinajstić information content (AvgIpc) is 0.841. The van der Waals surface area contributed by atoms with E-state index in [4.69, 9.17) is 60.9 Å². The number of aliphatic carboxylic acids is 1. The predicted molar refractivity (Wildman–Crippen MR) is 418 cm³/mol. The van der Waals surface area contributed by atoms with Gasteiger partial charge in [-0.1, -0.05) is 83.6 Å². The summed E-state index contributed by atoms with van der Waals surface area (Å²) in [5, 5.41) is 19.0. The number of piperidine rings is 4. The van der Waals surface area contributed by atoms with Gasteiger partial charge in [0.15, 0.2) is 0 Å². The Morgan fingerprint density at radius 2 is 0.769 bits per heavy atom. The van der Waals surface area contributed by atoms with Crippen LogP contribution in [0.5, 0.6) is 0 Å². The molecular weight excluding hydrogens is 1930 g/mol. The van der Waals surface area contributed by atoms with Crippen LogP contribution in [0.1, 0.15) is 204 Å². The van der Waals surface area contributed by atoms with Gasteiger partial charge in [0.05, 0.1) is 29.5 Å². The van der Waals surface area contributed by atoms with E-state index in [-0.39, 0.29) is 239 Å². The molecule has 0 saturated carbocycles. The van der Waals surface area contributed by atoms with Crippen molar-refractivity contribution in [1.29, 1.82) is 0 Å². The summed E-state index contributed by atoms with van der Waals surface area (Å²) in [4.78, 5) is 103. The number of likely N-dealkylation sites (tertiary alicyclic amines) is 2. The van der Waals surface area contributed by atoms with E-state index in [1.54, 1.807) is 50.2 Å². The molecule has 0 aliphatic carbocycles. The van der Waals surface area contributed by atoms with Crippen LogP contribution in [0.4, 0.5) is 27.2 Å².